The van der Waals surface area contributed by atoms with Crippen molar-refractivity contribution < 1.29 is 17.9 Å². The summed E-state index contributed by atoms with van der Waals surface area (Å²) in [5.74, 6) is 0.453. The quantitative estimate of drug-likeness (QED) is 0.787. The van der Waals surface area contributed by atoms with Gasteiger partial charge in [0.15, 0.2) is 0 Å². The molecule has 1 aromatic rings. The van der Waals surface area contributed by atoms with Crippen LogP contribution in [0.5, 0.6) is 0 Å². The van der Waals surface area contributed by atoms with Gasteiger partial charge in [0.2, 0.25) is 0 Å². The van der Waals surface area contributed by atoms with Crippen LogP contribution in [0, 0.1) is 5.92 Å². The van der Waals surface area contributed by atoms with Crippen molar-refractivity contribution in [2.45, 2.75) is 59.5 Å². The number of nitrogens with one attached hydrogen (secondary N) is 1. The zero-order valence-corrected chi connectivity index (χ0v) is 13.7. The molecule has 0 aliphatic rings. The molecule has 122 valence electrons. The highest BCUT2D eigenvalue weighted by Crippen LogP contribution is 2.23. The number of aromatic nitrogens is 1. The van der Waals surface area contributed by atoms with E-state index < -0.39 is 12.8 Å². The lowest BCUT2D eigenvalue weighted by Crippen LogP contribution is -2.22. The van der Waals surface area contributed by atoms with Crippen LogP contribution in [0.2, 0.25) is 0 Å². The molecule has 0 saturated carbocycles. The summed E-state index contributed by atoms with van der Waals surface area (Å²) in [5.41, 5.74) is 0.966. The Morgan fingerprint density at radius 3 is 2.43 bits per heavy atom. The van der Waals surface area contributed by atoms with Crippen LogP contribution in [0.4, 0.5) is 13.2 Å². The average Bonchev–Trinajstić information content (AvgIpc) is 2.66. The van der Waals surface area contributed by atoms with Gasteiger partial charge in [-0.15, -0.1) is 11.3 Å². The first-order valence-electron chi connectivity index (χ1n) is 7.02. The molecular formula is C14H23F3N2OS. The van der Waals surface area contributed by atoms with Crippen LogP contribution in [0.25, 0.3) is 0 Å². The molecule has 0 spiro atoms. The lowest BCUT2D eigenvalue weighted by Gasteiger charge is -2.08. The van der Waals surface area contributed by atoms with Gasteiger partial charge in [-0.1, -0.05) is 27.7 Å². The minimum absolute atomic E-state index is 0.0864. The first-order valence-corrected chi connectivity index (χ1v) is 7.84. The van der Waals surface area contributed by atoms with E-state index in [0.717, 1.165) is 17.0 Å². The van der Waals surface area contributed by atoms with E-state index in [1.807, 2.05) is 0 Å². The number of hydrogen-bond donors (Lipinski definition) is 1. The number of ether oxygens (including phenoxy) is 1. The molecule has 0 atom stereocenters. The summed E-state index contributed by atoms with van der Waals surface area (Å²) in [6, 6.07) is 0.351. The second-order valence-electron chi connectivity index (χ2n) is 5.72. The van der Waals surface area contributed by atoms with E-state index in [0.29, 0.717) is 23.5 Å². The topological polar surface area (TPSA) is 34.1 Å². The van der Waals surface area contributed by atoms with Crippen LogP contribution in [-0.2, 0) is 24.3 Å². The molecule has 21 heavy (non-hydrogen) atoms. The molecule has 1 aromatic heterocycles. The second-order valence-corrected chi connectivity index (χ2v) is 6.89. The van der Waals surface area contributed by atoms with Crippen LogP contribution < -0.4 is 5.32 Å². The summed E-state index contributed by atoms with van der Waals surface area (Å²) >= 11 is 1.43. The highest BCUT2D eigenvalue weighted by Gasteiger charge is 2.27. The van der Waals surface area contributed by atoms with Gasteiger partial charge in [0, 0.05) is 17.5 Å². The van der Waals surface area contributed by atoms with Crippen molar-refractivity contribution in [1.29, 1.82) is 0 Å². The van der Waals surface area contributed by atoms with E-state index in [2.05, 4.69) is 42.7 Å². The minimum Gasteiger partial charge on any atom is -0.365 e. The molecule has 0 amide bonds. The molecule has 0 radical (unpaired) electrons. The first-order chi connectivity index (χ1) is 9.67. The normalized spacial score (nSPS) is 12.6. The van der Waals surface area contributed by atoms with Gasteiger partial charge >= 0.3 is 6.18 Å². The summed E-state index contributed by atoms with van der Waals surface area (Å²) in [6.45, 7) is 7.67. The Labute approximate surface area is 127 Å². The molecule has 1 heterocycles. The number of alkyl halides is 3. The predicted molar refractivity (Wildman–Crippen MR) is 78.3 cm³/mol. The Morgan fingerprint density at radius 1 is 1.24 bits per heavy atom. The molecule has 0 aliphatic carbocycles. The Bertz CT molecular complexity index is 430. The lowest BCUT2D eigenvalue weighted by molar-refractivity contribution is -0.176. The minimum atomic E-state index is -4.29. The van der Waals surface area contributed by atoms with E-state index in [1.165, 1.54) is 11.3 Å². The number of thiazole rings is 1. The predicted octanol–water partition coefficient (Wildman–Crippen LogP) is 3.92. The van der Waals surface area contributed by atoms with E-state index in [-0.39, 0.29) is 6.61 Å². The Balaban J connectivity index is 2.67. The number of rotatable bonds is 8. The number of hydrogen-bond acceptors (Lipinski definition) is 4. The molecule has 0 fully saturated rings. The Morgan fingerprint density at radius 2 is 1.90 bits per heavy atom. The lowest BCUT2D eigenvalue weighted by atomic mass is 10.1. The summed E-state index contributed by atoms with van der Waals surface area (Å²) in [4.78, 5) is 5.52. The summed E-state index contributed by atoms with van der Waals surface area (Å²) < 4.78 is 40.9. The van der Waals surface area contributed by atoms with E-state index in [9.17, 15) is 13.2 Å². The zero-order valence-electron chi connectivity index (χ0n) is 12.9. The smallest absolute Gasteiger partial charge is 0.365 e. The largest absolute Gasteiger partial charge is 0.411 e. The van der Waals surface area contributed by atoms with Crippen LogP contribution in [-0.4, -0.2) is 23.8 Å². The van der Waals surface area contributed by atoms with Gasteiger partial charge in [-0.2, -0.15) is 13.2 Å². The first kappa shape index (κ1) is 18.4. The van der Waals surface area contributed by atoms with Crippen molar-refractivity contribution >= 4 is 11.3 Å². The van der Waals surface area contributed by atoms with Gasteiger partial charge in [-0.25, -0.2) is 4.98 Å². The molecule has 0 bridgehead atoms. The molecular weight excluding hydrogens is 301 g/mol. The molecule has 7 heteroatoms. The third-order valence-electron chi connectivity index (χ3n) is 2.59. The Kier molecular flexibility index (Phi) is 7.09. The molecule has 0 aromatic carbocycles. The van der Waals surface area contributed by atoms with Crippen molar-refractivity contribution in [3.63, 3.8) is 0 Å². The molecule has 0 saturated heterocycles. The molecule has 0 unspecified atom stereocenters. The maximum atomic E-state index is 12.1. The molecule has 3 nitrogen and oxygen atoms in total. The van der Waals surface area contributed by atoms with Gasteiger partial charge in [-0.3, -0.25) is 0 Å². The van der Waals surface area contributed by atoms with Gasteiger partial charge in [0.05, 0.1) is 12.3 Å². The van der Waals surface area contributed by atoms with Gasteiger partial charge in [0.1, 0.15) is 11.6 Å². The average molecular weight is 324 g/mol. The fraction of sp³-hybridized carbons (Fsp3) is 0.786. The highest BCUT2D eigenvalue weighted by atomic mass is 32.1. The molecule has 0 aliphatic heterocycles. The number of halogens is 3. The fourth-order valence-electron chi connectivity index (χ4n) is 1.73. The zero-order chi connectivity index (χ0) is 16.0. The van der Waals surface area contributed by atoms with Crippen LogP contribution in [0.1, 0.15) is 43.3 Å². The van der Waals surface area contributed by atoms with E-state index in [4.69, 9.17) is 0 Å². The highest BCUT2D eigenvalue weighted by molar-refractivity contribution is 7.11. The van der Waals surface area contributed by atoms with Crippen molar-refractivity contribution in [2.75, 3.05) is 6.61 Å². The Hall–Kier alpha value is -0.660. The SMILES string of the molecule is CC(C)Cc1nc(COCC(F)(F)F)sc1CNC(C)C. The third-order valence-corrected chi connectivity index (χ3v) is 3.66. The van der Waals surface area contributed by atoms with E-state index >= 15 is 0 Å². The van der Waals surface area contributed by atoms with Crippen LogP contribution >= 0.6 is 11.3 Å². The summed E-state index contributed by atoms with van der Waals surface area (Å²) in [6.07, 6.45) is -3.47. The summed E-state index contributed by atoms with van der Waals surface area (Å²) in [5, 5.41) is 3.93. The van der Waals surface area contributed by atoms with Crippen LogP contribution in [0.15, 0.2) is 0 Å². The number of nitrogens with zero attached hydrogens (tertiary/aromatic N) is 1. The molecule has 1 N–H and O–H groups in total. The van der Waals surface area contributed by atoms with Gasteiger partial charge < -0.3 is 10.1 Å². The summed E-state index contributed by atoms with van der Waals surface area (Å²) in [7, 11) is 0. The van der Waals surface area contributed by atoms with Crippen molar-refractivity contribution in [3.05, 3.63) is 15.6 Å². The van der Waals surface area contributed by atoms with Gasteiger partial charge in [-0.05, 0) is 12.3 Å². The fourth-order valence-corrected chi connectivity index (χ4v) is 2.72. The second kappa shape index (κ2) is 8.10. The monoisotopic (exact) mass is 324 g/mol. The standard InChI is InChI=1S/C14H23F3N2OS/c1-9(2)5-11-12(6-18-10(3)4)21-13(19-11)7-20-8-14(15,16)17/h9-10,18H,5-8H2,1-4H3. The maximum Gasteiger partial charge on any atom is 0.411 e. The van der Waals surface area contributed by atoms with Gasteiger partial charge in [0.25, 0.3) is 0 Å². The van der Waals surface area contributed by atoms with Crippen molar-refractivity contribution in [1.82, 2.24) is 10.3 Å². The molecule has 1 rings (SSSR count). The van der Waals surface area contributed by atoms with Crippen molar-refractivity contribution in [2.24, 2.45) is 5.92 Å². The van der Waals surface area contributed by atoms with Crippen LogP contribution in [0.3, 0.4) is 0 Å². The third kappa shape index (κ3) is 7.78. The maximum absolute atomic E-state index is 12.1. The van der Waals surface area contributed by atoms with Crippen molar-refractivity contribution in [3.8, 4) is 0 Å². The van der Waals surface area contributed by atoms with E-state index in [1.54, 1.807) is 0 Å².